The molecule has 0 saturated heterocycles. The number of rotatable bonds is 2. The molecule has 0 spiro atoms. The molecule has 0 N–H and O–H groups in total. The van der Waals surface area contributed by atoms with E-state index in [1.54, 1.807) is 0 Å². The number of hydrogen-bond acceptors (Lipinski definition) is 3. The molecule has 0 atom stereocenters. The number of amides is 2. The van der Waals surface area contributed by atoms with E-state index < -0.39 is 46.2 Å². The van der Waals surface area contributed by atoms with Gasteiger partial charge in [-0.15, -0.1) is 0 Å². The number of fused-ring (bicyclic) bond motifs is 1. The minimum atomic E-state index is -2.14. The fourth-order valence-corrected chi connectivity index (χ4v) is 2.31. The Morgan fingerprint density at radius 1 is 0.783 bits per heavy atom. The molecule has 0 saturated carbocycles. The van der Waals surface area contributed by atoms with Gasteiger partial charge in [-0.25, -0.2) is 22.5 Å². The quantitative estimate of drug-likeness (QED) is 0.369. The highest BCUT2D eigenvalue weighted by Crippen LogP contribution is 2.34. The second-order valence-corrected chi connectivity index (χ2v) is 4.65. The number of hydrogen-bond donors (Lipinski definition) is 0. The lowest BCUT2D eigenvalue weighted by Crippen LogP contribution is -2.29. The summed E-state index contributed by atoms with van der Waals surface area (Å²) in [4.78, 5) is 24.8. The third-order valence-electron chi connectivity index (χ3n) is 3.43. The van der Waals surface area contributed by atoms with Crippen molar-refractivity contribution in [3.63, 3.8) is 0 Å². The molecule has 0 unspecified atom stereocenters. The summed E-state index contributed by atoms with van der Waals surface area (Å²) in [5.74, 6) is -10.2. The van der Waals surface area contributed by atoms with Gasteiger partial charge >= 0.3 is 0 Å². The highest BCUT2D eigenvalue weighted by Gasteiger charge is 2.44. The zero-order chi connectivity index (χ0) is 16.9. The topological polar surface area (TPSA) is 46.6 Å². The van der Waals surface area contributed by atoms with Crippen molar-refractivity contribution in [2.75, 3.05) is 12.0 Å². The maximum atomic E-state index is 13.8. The number of ether oxygens (including phenoxy) is 1. The SMILES string of the molecule is COc1ccc(N2C(=O)c3c(F)c(F)c(F)c(F)c3C2=O)cc1. The highest BCUT2D eigenvalue weighted by molar-refractivity contribution is 6.34. The summed E-state index contributed by atoms with van der Waals surface area (Å²) in [7, 11) is 1.40. The monoisotopic (exact) mass is 325 g/mol. The van der Waals surface area contributed by atoms with E-state index in [0.717, 1.165) is 0 Å². The van der Waals surface area contributed by atoms with Crippen LogP contribution in [0.5, 0.6) is 5.75 Å². The largest absolute Gasteiger partial charge is 0.497 e. The molecule has 2 amide bonds. The molecule has 3 rings (SSSR count). The maximum Gasteiger partial charge on any atom is 0.269 e. The summed E-state index contributed by atoms with van der Waals surface area (Å²) in [6.07, 6.45) is 0. The number of carbonyl (C=O) groups is 2. The van der Waals surface area contributed by atoms with Gasteiger partial charge in [-0.2, -0.15) is 0 Å². The van der Waals surface area contributed by atoms with Crippen LogP contribution in [0.4, 0.5) is 23.2 Å². The number of anilines is 1. The van der Waals surface area contributed by atoms with E-state index >= 15 is 0 Å². The van der Waals surface area contributed by atoms with Crippen LogP contribution < -0.4 is 9.64 Å². The van der Waals surface area contributed by atoms with Crippen LogP contribution in [0, 0.1) is 23.3 Å². The molecule has 8 heteroatoms. The first-order valence-electron chi connectivity index (χ1n) is 6.27. The molecular weight excluding hydrogens is 318 g/mol. The number of imide groups is 1. The average Bonchev–Trinajstić information content (AvgIpc) is 2.82. The Labute approximate surface area is 126 Å². The van der Waals surface area contributed by atoms with Crippen molar-refractivity contribution in [2.45, 2.75) is 0 Å². The number of halogens is 4. The van der Waals surface area contributed by atoms with Gasteiger partial charge in [0.05, 0.1) is 23.9 Å². The zero-order valence-electron chi connectivity index (χ0n) is 11.5. The molecule has 0 fully saturated rings. The van der Waals surface area contributed by atoms with Gasteiger partial charge in [0.25, 0.3) is 11.8 Å². The van der Waals surface area contributed by atoms with Crippen LogP contribution in [0.15, 0.2) is 24.3 Å². The van der Waals surface area contributed by atoms with Crippen molar-refractivity contribution in [3.05, 3.63) is 58.7 Å². The van der Waals surface area contributed by atoms with Gasteiger partial charge in [0.2, 0.25) is 0 Å². The lowest BCUT2D eigenvalue weighted by molar-refractivity contribution is 0.0924. The summed E-state index contributed by atoms with van der Waals surface area (Å²) in [6.45, 7) is 0. The molecule has 2 aromatic carbocycles. The predicted octanol–water partition coefficient (Wildman–Crippen LogP) is 3.05. The van der Waals surface area contributed by atoms with E-state index in [1.807, 2.05) is 0 Å². The van der Waals surface area contributed by atoms with E-state index in [1.165, 1.54) is 31.4 Å². The van der Waals surface area contributed by atoms with E-state index in [9.17, 15) is 27.2 Å². The Kier molecular flexibility index (Phi) is 3.32. The molecular formula is C15H7F4NO3. The van der Waals surface area contributed by atoms with E-state index in [0.29, 0.717) is 10.6 Å². The van der Waals surface area contributed by atoms with E-state index in [2.05, 4.69) is 0 Å². The van der Waals surface area contributed by atoms with Crippen molar-refractivity contribution in [1.29, 1.82) is 0 Å². The summed E-state index contributed by atoms with van der Waals surface area (Å²) >= 11 is 0. The first-order valence-corrected chi connectivity index (χ1v) is 6.27. The standard InChI is InChI=1S/C15H7F4NO3/c1-23-7-4-2-6(3-5-7)20-14(21)8-9(15(20)22)11(17)13(19)12(18)10(8)16/h2-5H,1H3. The fraction of sp³-hybridized carbons (Fsp3) is 0.0667. The molecule has 0 aromatic heterocycles. The van der Waals surface area contributed by atoms with Gasteiger partial charge in [-0.1, -0.05) is 0 Å². The van der Waals surface area contributed by atoms with Crippen LogP contribution in [0.2, 0.25) is 0 Å². The van der Waals surface area contributed by atoms with Gasteiger partial charge < -0.3 is 4.74 Å². The van der Waals surface area contributed by atoms with Crippen molar-refractivity contribution in [1.82, 2.24) is 0 Å². The summed E-state index contributed by atoms with van der Waals surface area (Å²) in [6, 6.07) is 5.41. The van der Waals surface area contributed by atoms with Gasteiger partial charge in [0, 0.05) is 0 Å². The molecule has 0 radical (unpaired) electrons. The average molecular weight is 325 g/mol. The maximum absolute atomic E-state index is 13.8. The van der Waals surface area contributed by atoms with Gasteiger partial charge in [-0.3, -0.25) is 9.59 Å². The molecule has 23 heavy (non-hydrogen) atoms. The number of benzene rings is 2. The first kappa shape index (κ1) is 15.0. The van der Waals surface area contributed by atoms with Gasteiger partial charge in [-0.05, 0) is 24.3 Å². The lowest BCUT2D eigenvalue weighted by Gasteiger charge is -2.14. The Morgan fingerprint density at radius 2 is 1.22 bits per heavy atom. The third kappa shape index (κ3) is 1.98. The van der Waals surface area contributed by atoms with Crippen LogP contribution >= 0.6 is 0 Å². The van der Waals surface area contributed by atoms with Gasteiger partial charge in [0.1, 0.15) is 5.75 Å². The zero-order valence-corrected chi connectivity index (χ0v) is 11.5. The summed E-state index contributed by atoms with van der Waals surface area (Å²) < 4.78 is 59.0. The molecule has 1 aliphatic heterocycles. The summed E-state index contributed by atoms with van der Waals surface area (Å²) in [5, 5.41) is 0. The number of nitrogens with zero attached hydrogens (tertiary/aromatic N) is 1. The van der Waals surface area contributed by atoms with Crippen LogP contribution in [-0.2, 0) is 0 Å². The molecule has 0 aliphatic carbocycles. The van der Waals surface area contributed by atoms with E-state index in [-0.39, 0.29) is 5.69 Å². The molecule has 1 heterocycles. The van der Waals surface area contributed by atoms with Crippen LogP contribution in [0.1, 0.15) is 20.7 Å². The Bertz CT molecular complexity index is 802. The second kappa shape index (κ2) is 5.08. The van der Waals surface area contributed by atoms with Gasteiger partial charge in [0.15, 0.2) is 23.3 Å². The van der Waals surface area contributed by atoms with Crippen LogP contribution in [0.3, 0.4) is 0 Å². The molecule has 0 bridgehead atoms. The van der Waals surface area contributed by atoms with Crippen molar-refractivity contribution in [3.8, 4) is 5.75 Å². The first-order chi connectivity index (χ1) is 10.9. The van der Waals surface area contributed by atoms with Crippen LogP contribution in [0.25, 0.3) is 0 Å². The number of carbonyl (C=O) groups excluding carboxylic acids is 2. The summed E-state index contributed by atoms with van der Waals surface area (Å²) in [5.41, 5.74) is -2.26. The predicted molar refractivity (Wildman–Crippen MR) is 70.4 cm³/mol. The Hall–Kier alpha value is -2.90. The molecule has 2 aromatic rings. The van der Waals surface area contributed by atoms with Crippen LogP contribution in [-0.4, -0.2) is 18.9 Å². The Balaban J connectivity index is 2.17. The third-order valence-corrected chi connectivity index (χ3v) is 3.43. The van der Waals surface area contributed by atoms with Crippen molar-refractivity contribution >= 4 is 17.5 Å². The van der Waals surface area contributed by atoms with E-state index in [4.69, 9.17) is 4.74 Å². The Morgan fingerprint density at radius 3 is 1.61 bits per heavy atom. The normalized spacial score (nSPS) is 13.5. The second-order valence-electron chi connectivity index (χ2n) is 4.65. The van der Waals surface area contributed by atoms with Crippen molar-refractivity contribution in [2.24, 2.45) is 0 Å². The molecule has 1 aliphatic rings. The minimum Gasteiger partial charge on any atom is -0.497 e. The molecule has 118 valence electrons. The lowest BCUT2D eigenvalue weighted by atomic mass is 10.1. The highest BCUT2D eigenvalue weighted by atomic mass is 19.2. The fourth-order valence-electron chi connectivity index (χ4n) is 2.31. The minimum absolute atomic E-state index is 0.0170. The smallest absolute Gasteiger partial charge is 0.269 e. The van der Waals surface area contributed by atoms with Crippen molar-refractivity contribution < 1.29 is 31.9 Å². The number of methoxy groups -OCH3 is 1. The molecule has 4 nitrogen and oxygen atoms in total.